The van der Waals surface area contributed by atoms with Crippen molar-refractivity contribution in [1.29, 1.82) is 0 Å². The molecule has 0 aliphatic rings. The Balaban J connectivity index is 1.94. The molecule has 0 fully saturated rings. The first-order valence-corrected chi connectivity index (χ1v) is 6.62. The molecule has 0 spiro atoms. The smallest absolute Gasteiger partial charge is 0.173 e. The Labute approximate surface area is 106 Å². The van der Waals surface area contributed by atoms with Gasteiger partial charge < -0.3 is 0 Å². The molecule has 1 aromatic carbocycles. The van der Waals surface area contributed by atoms with Gasteiger partial charge in [-0.15, -0.1) is 11.3 Å². The Kier molecular flexibility index (Phi) is 3.75. The van der Waals surface area contributed by atoms with E-state index in [1.807, 2.05) is 19.1 Å². The third-order valence-corrected chi connectivity index (χ3v) is 3.82. The van der Waals surface area contributed by atoms with Crippen molar-refractivity contribution < 1.29 is 4.79 Å². The van der Waals surface area contributed by atoms with Gasteiger partial charge in [0, 0.05) is 11.3 Å². The largest absolute Gasteiger partial charge is 0.293 e. The SMILES string of the molecule is Cc1ccc(CCC(=O)c2ccc(C)s2)cc1. The molecular weight excluding hydrogens is 228 g/mol. The highest BCUT2D eigenvalue weighted by Crippen LogP contribution is 2.18. The Morgan fingerprint density at radius 2 is 1.76 bits per heavy atom. The van der Waals surface area contributed by atoms with E-state index < -0.39 is 0 Å². The van der Waals surface area contributed by atoms with Crippen molar-refractivity contribution in [2.45, 2.75) is 26.7 Å². The zero-order chi connectivity index (χ0) is 12.3. The highest BCUT2D eigenvalue weighted by Gasteiger charge is 2.08. The number of benzene rings is 1. The fourth-order valence-electron chi connectivity index (χ4n) is 1.72. The van der Waals surface area contributed by atoms with Crippen LogP contribution in [0.15, 0.2) is 36.4 Å². The zero-order valence-electron chi connectivity index (χ0n) is 10.2. The number of aryl methyl sites for hydroxylation is 3. The number of carbonyl (C=O) groups is 1. The Morgan fingerprint density at radius 3 is 2.35 bits per heavy atom. The summed E-state index contributed by atoms with van der Waals surface area (Å²) in [5.41, 5.74) is 2.49. The van der Waals surface area contributed by atoms with Gasteiger partial charge in [0.2, 0.25) is 0 Å². The van der Waals surface area contributed by atoms with Crippen molar-refractivity contribution in [2.75, 3.05) is 0 Å². The number of hydrogen-bond donors (Lipinski definition) is 0. The lowest BCUT2D eigenvalue weighted by atomic mass is 10.1. The second kappa shape index (κ2) is 5.28. The molecule has 17 heavy (non-hydrogen) atoms. The highest BCUT2D eigenvalue weighted by atomic mass is 32.1. The van der Waals surface area contributed by atoms with E-state index >= 15 is 0 Å². The molecule has 2 rings (SSSR count). The van der Waals surface area contributed by atoms with Crippen molar-refractivity contribution in [3.8, 4) is 0 Å². The fraction of sp³-hybridized carbons (Fsp3) is 0.267. The number of hydrogen-bond acceptors (Lipinski definition) is 2. The van der Waals surface area contributed by atoms with Gasteiger partial charge in [-0.25, -0.2) is 0 Å². The predicted molar refractivity (Wildman–Crippen MR) is 72.9 cm³/mol. The van der Waals surface area contributed by atoms with Crippen LogP contribution in [0.3, 0.4) is 0 Å². The van der Waals surface area contributed by atoms with Gasteiger partial charge in [0.1, 0.15) is 0 Å². The summed E-state index contributed by atoms with van der Waals surface area (Å²) in [6.45, 7) is 4.10. The van der Waals surface area contributed by atoms with E-state index in [2.05, 4.69) is 31.2 Å². The van der Waals surface area contributed by atoms with Crippen LogP contribution in [0.4, 0.5) is 0 Å². The van der Waals surface area contributed by atoms with Crippen LogP contribution in [0.2, 0.25) is 0 Å². The molecule has 1 nitrogen and oxygen atoms in total. The number of carbonyl (C=O) groups excluding carboxylic acids is 1. The lowest BCUT2D eigenvalue weighted by Gasteiger charge is -2.00. The Morgan fingerprint density at radius 1 is 1.06 bits per heavy atom. The molecule has 1 heterocycles. The average Bonchev–Trinajstić information content (AvgIpc) is 2.75. The summed E-state index contributed by atoms with van der Waals surface area (Å²) in [5, 5.41) is 0. The van der Waals surface area contributed by atoms with E-state index in [9.17, 15) is 4.79 Å². The molecule has 2 aromatic rings. The van der Waals surface area contributed by atoms with E-state index in [4.69, 9.17) is 0 Å². The van der Waals surface area contributed by atoms with Crippen LogP contribution >= 0.6 is 11.3 Å². The fourth-order valence-corrected chi connectivity index (χ4v) is 2.56. The molecule has 0 radical (unpaired) electrons. The van der Waals surface area contributed by atoms with Gasteiger partial charge in [-0.05, 0) is 38.0 Å². The van der Waals surface area contributed by atoms with Crippen molar-refractivity contribution >= 4 is 17.1 Å². The summed E-state index contributed by atoms with van der Waals surface area (Å²) in [5.74, 6) is 0.253. The zero-order valence-corrected chi connectivity index (χ0v) is 11.0. The van der Waals surface area contributed by atoms with Gasteiger partial charge in [0.25, 0.3) is 0 Å². The van der Waals surface area contributed by atoms with Gasteiger partial charge in [-0.3, -0.25) is 4.79 Å². The lowest BCUT2D eigenvalue weighted by molar-refractivity contribution is 0.0987. The molecule has 0 aliphatic carbocycles. The third-order valence-electron chi connectivity index (χ3n) is 2.78. The van der Waals surface area contributed by atoms with Crippen LogP contribution in [0, 0.1) is 13.8 Å². The predicted octanol–water partition coefficient (Wildman–Crippen LogP) is 4.18. The second-order valence-electron chi connectivity index (χ2n) is 4.32. The molecule has 0 aliphatic heterocycles. The van der Waals surface area contributed by atoms with Crippen molar-refractivity contribution in [2.24, 2.45) is 0 Å². The minimum atomic E-state index is 0.253. The second-order valence-corrected chi connectivity index (χ2v) is 5.61. The highest BCUT2D eigenvalue weighted by molar-refractivity contribution is 7.14. The first kappa shape index (κ1) is 12.1. The van der Waals surface area contributed by atoms with E-state index in [-0.39, 0.29) is 5.78 Å². The third kappa shape index (κ3) is 3.27. The number of rotatable bonds is 4. The number of thiophene rings is 1. The molecule has 0 amide bonds. The molecule has 0 saturated heterocycles. The van der Waals surface area contributed by atoms with Gasteiger partial charge >= 0.3 is 0 Å². The van der Waals surface area contributed by atoms with Crippen LogP contribution in [0.5, 0.6) is 0 Å². The minimum Gasteiger partial charge on any atom is -0.293 e. The summed E-state index contributed by atoms with van der Waals surface area (Å²) in [7, 11) is 0. The molecule has 0 saturated carbocycles. The van der Waals surface area contributed by atoms with E-state index in [0.29, 0.717) is 6.42 Å². The summed E-state index contributed by atoms with van der Waals surface area (Å²) in [6, 6.07) is 12.3. The first-order chi connectivity index (χ1) is 8.15. The van der Waals surface area contributed by atoms with Gasteiger partial charge in [0.15, 0.2) is 5.78 Å². The molecule has 1 aromatic heterocycles. The summed E-state index contributed by atoms with van der Waals surface area (Å²) < 4.78 is 0. The van der Waals surface area contributed by atoms with Crippen molar-refractivity contribution in [3.05, 3.63) is 57.3 Å². The molecule has 88 valence electrons. The topological polar surface area (TPSA) is 17.1 Å². The Bertz CT molecular complexity index is 508. The van der Waals surface area contributed by atoms with Gasteiger partial charge in [-0.1, -0.05) is 29.8 Å². The van der Waals surface area contributed by atoms with Crippen molar-refractivity contribution in [1.82, 2.24) is 0 Å². The standard InChI is InChI=1S/C15H16OS/c1-11-3-6-13(7-4-11)8-9-14(16)15-10-5-12(2)17-15/h3-7,10H,8-9H2,1-2H3. The maximum atomic E-state index is 11.9. The quantitative estimate of drug-likeness (QED) is 0.737. The van der Waals surface area contributed by atoms with Crippen LogP contribution < -0.4 is 0 Å². The lowest BCUT2D eigenvalue weighted by Crippen LogP contribution is -1.98. The summed E-state index contributed by atoms with van der Waals surface area (Å²) in [4.78, 5) is 14.0. The maximum absolute atomic E-state index is 11.9. The number of ketones is 1. The molecular formula is C15H16OS. The van der Waals surface area contributed by atoms with Gasteiger partial charge in [0.05, 0.1) is 4.88 Å². The molecule has 0 atom stereocenters. The van der Waals surface area contributed by atoms with E-state index in [0.717, 1.165) is 11.3 Å². The van der Waals surface area contributed by atoms with Crippen LogP contribution in [0.25, 0.3) is 0 Å². The number of Topliss-reactive ketones (excluding diaryl/α,β-unsaturated/α-hetero) is 1. The van der Waals surface area contributed by atoms with Gasteiger partial charge in [-0.2, -0.15) is 0 Å². The monoisotopic (exact) mass is 244 g/mol. The van der Waals surface area contributed by atoms with E-state index in [1.54, 1.807) is 11.3 Å². The molecule has 0 unspecified atom stereocenters. The van der Waals surface area contributed by atoms with Crippen LogP contribution in [-0.2, 0) is 6.42 Å². The summed E-state index contributed by atoms with van der Waals surface area (Å²) >= 11 is 1.58. The molecule has 2 heteroatoms. The Hall–Kier alpha value is -1.41. The first-order valence-electron chi connectivity index (χ1n) is 5.80. The molecule has 0 N–H and O–H groups in total. The van der Waals surface area contributed by atoms with Crippen LogP contribution in [0.1, 0.15) is 32.1 Å². The van der Waals surface area contributed by atoms with Crippen molar-refractivity contribution in [3.63, 3.8) is 0 Å². The molecule has 0 bridgehead atoms. The van der Waals surface area contributed by atoms with Crippen LogP contribution in [-0.4, -0.2) is 5.78 Å². The summed E-state index contributed by atoms with van der Waals surface area (Å²) in [6.07, 6.45) is 1.43. The normalized spacial score (nSPS) is 10.5. The maximum Gasteiger partial charge on any atom is 0.173 e. The minimum absolute atomic E-state index is 0.253. The van der Waals surface area contributed by atoms with E-state index in [1.165, 1.54) is 16.0 Å². The average molecular weight is 244 g/mol.